The van der Waals surface area contributed by atoms with E-state index in [0.29, 0.717) is 0 Å². The molecule has 0 radical (unpaired) electrons. The van der Waals surface area contributed by atoms with E-state index >= 15 is 0 Å². The molecule has 0 aliphatic heterocycles. The van der Waals surface area contributed by atoms with E-state index in [0.717, 1.165) is 6.42 Å². The van der Waals surface area contributed by atoms with Crippen molar-refractivity contribution in [3.63, 3.8) is 0 Å². The Balaban J connectivity index is 3.99. The van der Waals surface area contributed by atoms with Crippen LogP contribution in [0.4, 0.5) is 0 Å². The highest BCUT2D eigenvalue weighted by atomic mass is 16.1. The first-order chi connectivity index (χ1) is 4.87. The van der Waals surface area contributed by atoms with Crippen molar-refractivity contribution in [2.75, 3.05) is 0 Å². The van der Waals surface area contributed by atoms with Crippen LogP contribution in [-0.4, -0.2) is 17.5 Å². The fourth-order valence-electron chi connectivity index (χ4n) is 0.897. The van der Waals surface area contributed by atoms with Crippen LogP contribution in [0.3, 0.4) is 0 Å². The van der Waals surface area contributed by atoms with Gasteiger partial charge in [0.2, 0.25) is 5.91 Å². The quantitative estimate of drug-likeness (QED) is 0.633. The molecular formula is C8H18N2O. The minimum Gasteiger partial charge on any atom is -0.368 e. The standard InChI is InChI=1S/C8H18N2O/c1-5-6(7(9)11)10-8(2,3)4/h6,10H,5H2,1-4H3,(H2,9,11). The van der Waals surface area contributed by atoms with E-state index in [4.69, 9.17) is 5.73 Å². The lowest BCUT2D eigenvalue weighted by molar-refractivity contribution is -0.120. The highest BCUT2D eigenvalue weighted by Gasteiger charge is 2.19. The molecule has 0 aliphatic rings. The van der Waals surface area contributed by atoms with Crippen LogP contribution >= 0.6 is 0 Å². The topological polar surface area (TPSA) is 55.1 Å². The molecule has 0 aromatic carbocycles. The number of hydrogen-bond acceptors (Lipinski definition) is 2. The lowest BCUT2D eigenvalue weighted by Crippen LogP contribution is -2.49. The molecule has 0 saturated carbocycles. The van der Waals surface area contributed by atoms with E-state index in [-0.39, 0.29) is 17.5 Å². The first-order valence-corrected chi connectivity index (χ1v) is 3.94. The van der Waals surface area contributed by atoms with Gasteiger partial charge in [0.05, 0.1) is 6.04 Å². The van der Waals surface area contributed by atoms with Gasteiger partial charge < -0.3 is 11.1 Å². The van der Waals surface area contributed by atoms with Gasteiger partial charge in [0.25, 0.3) is 0 Å². The molecule has 0 aliphatic carbocycles. The van der Waals surface area contributed by atoms with E-state index in [2.05, 4.69) is 5.32 Å². The van der Waals surface area contributed by atoms with E-state index in [1.165, 1.54) is 0 Å². The molecule has 3 nitrogen and oxygen atoms in total. The summed E-state index contributed by atoms with van der Waals surface area (Å²) in [6.07, 6.45) is 0.743. The molecule has 0 bridgehead atoms. The van der Waals surface area contributed by atoms with Crippen LogP contribution in [0.5, 0.6) is 0 Å². The summed E-state index contributed by atoms with van der Waals surface area (Å²) < 4.78 is 0. The maximum Gasteiger partial charge on any atom is 0.234 e. The molecule has 0 fully saturated rings. The predicted molar refractivity (Wildman–Crippen MR) is 46.2 cm³/mol. The number of nitrogens with one attached hydrogen (secondary N) is 1. The lowest BCUT2D eigenvalue weighted by Gasteiger charge is -2.25. The van der Waals surface area contributed by atoms with Gasteiger partial charge in [0, 0.05) is 5.54 Å². The van der Waals surface area contributed by atoms with Gasteiger partial charge in [-0.1, -0.05) is 6.92 Å². The van der Waals surface area contributed by atoms with Gasteiger partial charge >= 0.3 is 0 Å². The van der Waals surface area contributed by atoms with Crippen molar-refractivity contribution >= 4 is 5.91 Å². The summed E-state index contributed by atoms with van der Waals surface area (Å²) in [4.78, 5) is 10.8. The van der Waals surface area contributed by atoms with E-state index in [1.807, 2.05) is 27.7 Å². The summed E-state index contributed by atoms with van der Waals surface area (Å²) in [5.74, 6) is -0.276. The van der Waals surface area contributed by atoms with E-state index in [1.54, 1.807) is 0 Å². The number of hydrogen-bond donors (Lipinski definition) is 2. The van der Waals surface area contributed by atoms with Crippen molar-refractivity contribution in [3.05, 3.63) is 0 Å². The average molecular weight is 158 g/mol. The second-order valence-corrected chi connectivity index (χ2v) is 3.76. The Hall–Kier alpha value is -0.570. The van der Waals surface area contributed by atoms with Crippen LogP contribution in [0.2, 0.25) is 0 Å². The molecule has 1 atom stereocenters. The van der Waals surface area contributed by atoms with Gasteiger partial charge in [0.15, 0.2) is 0 Å². The Morgan fingerprint density at radius 2 is 2.00 bits per heavy atom. The molecule has 3 N–H and O–H groups in total. The second kappa shape index (κ2) is 3.72. The number of carbonyl (C=O) groups is 1. The van der Waals surface area contributed by atoms with Crippen LogP contribution in [-0.2, 0) is 4.79 Å². The van der Waals surface area contributed by atoms with E-state index in [9.17, 15) is 4.79 Å². The molecule has 0 aromatic rings. The summed E-state index contributed by atoms with van der Waals surface area (Å²) in [5.41, 5.74) is 5.11. The van der Waals surface area contributed by atoms with Gasteiger partial charge in [-0.15, -0.1) is 0 Å². The highest BCUT2D eigenvalue weighted by Crippen LogP contribution is 2.02. The molecule has 0 saturated heterocycles. The van der Waals surface area contributed by atoms with Crippen molar-refractivity contribution in [2.24, 2.45) is 5.73 Å². The van der Waals surface area contributed by atoms with Crippen molar-refractivity contribution < 1.29 is 4.79 Å². The summed E-state index contributed by atoms with van der Waals surface area (Å²) in [5, 5.41) is 3.13. The fraction of sp³-hybridized carbons (Fsp3) is 0.875. The average Bonchev–Trinajstić information content (AvgIpc) is 1.80. The maximum absolute atomic E-state index is 10.8. The third-order valence-corrected chi connectivity index (χ3v) is 1.36. The van der Waals surface area contributed by atoms with Crippen molar-refractivity contribution in [1.82, 2.24) is 5.32 Å². The van der Waals surface area contributed by atoms with Crippen LogP contribution in [0.15, 0.2) is 0 Å². The summed E-state index contributed by atoms with van der Waals surface area (Å²) in [6.45, 7) is 7.98. The minimum atomic E-state index is -0.276. The number of primary amides is 1. The SMILES string of the molecule is CCC(NC(C)(C)C)C(N)=O. The zero-order valence-corrected chi connectivity index (χ0v) is 7.77. The molecule has 3 heteroatoms. The van der Waals surface area contributed by atoms with Crippen LogP contribution in [0.1, 0.15) is 34.1 Å². The molecular weight excluding hydrogens is 140 g/mol. The molecule has 0 heterocycles. The maximum atomic E-state index is 10.8. The van der Waals surface area contributed by atoms with Crippen molar-refractivity contribution in [1.29, 1.82) is 0 Å². The Kier molecular flexibility index (Phi) is 3.52. The molecule has 0 aromatic heterocycles. The van der Waals surface area contributed by atoms with Crippen LogP contribution in [0.25, 0.3) is 0 Å². The van der Waals surface area contributed by atoms with Crippen molar-refractivity contribution in [3.8, 4) is 0 Å². The second-order valence-electron chi connectivity index (χ2n) is 3.76. The third kappa shape index (κ3) is 4.79. The fourth-order valence-corrected chi connectivity index (χ4v) is 0.897. The smallest absolute Gasteiger partial charge is 0.234 e. The Bertz CT molecular complexity index is 138. The van der Waals surface area contributed by atoms with E-state index < -0.39 is 0 Å². The first kappa shape index (κ1) is 10.4. The number of rotatable bonds is 3. The molecule has 0 spiro atoms. The zero-order chi connectivity index (χ0) is 9.07. The summed E-state index contributed by atoms with van der Waals surface area (Å²) >= 11 is 0. The molecule has 11 heavy (non-hydrogen) atoms. The normalized spacial score (nSPS) is 14.5. The Morgan fingerprint density at radius 3 is 2.09 bits per heavy atom. The Labute approximate surface area is 68.3 Å². The minimum absolute atomic E-state index is 0.0459. The Morgan fingerprint density at radius 1 is 1.55 bits per heavy atom. The highest BCUT2D eigenvalue weighted by molar-refractivity contribution is 5.79. The van der Waals surface area contributed by atoms with Gasteiger partial charge in [-0.2, -0.15) is 0 Å². The third-order valence-electron chi connectivity index (χ3n) is 1.36. The number of amides is 1. The molecule has 1 amide bonds. The number of carbonyl (C=O) groups excluding carboxylic acids is 1. The largest absolute Gasteiger partial charge is 0.368 e. The van der Waals surface area contributed by atoms with Crippen LogP contribution < -0.4 is 11.1 Å². The monoisotopic (exact) mass is 158 g/mol. The first-order valence-electron chi connectivity index (χ1n) is 3.94. The summed E-state index contributed by atoms with van der Waals surface area (Å²) in [6, 6.07) is -0.199. The molecule has 66 valence electrons. The predicted octanol–water partition coefficient (Wildman–Crippen LogP) is 0.638. The number of nitrogens with two attached hydrogens (primary N) is 1. The molecule has 0 rings (SSSR count). The van der Waals surface area contributed by atoms with Crippen molar-refractivity contribution in [2.45, 2.75) is 45.7 Å². The van der Waals surface area contributed by atoms with Gasteiger partial charge in [0.1, 0.15) is 0 Å². The zero-order valence-electron chi connectivity index (χ0n) is 7.77. The summed E-state index contributed by atoms with van der Waals surface area (Å²) in [7, 11) is 0. The van der Waals surface area contributed by atoms with Gasteiger partial charge in [-0.05, 0) is 27.2 Å². The van der Waals surface area contributed by atoms with Gasteiger partial charge in [-0.3, -0.25) is 4.79 Å². The lowest BCUT2D eigenvalue weighted by atomic mass is 10.1. The van der Waals surface area contributed by atoms with Gasteiger partial charge in [-0.25, -0.2) is 0 Å². The molecule has 1 unspecified atom stereocenters. The van der Waals surface area contributed by atoms with Crippen LogP contribution in [0, 0.1) is 0 Å².